The summed E-state index contributed by atoms with van der Waals surface area (Å²) in [5.41, 5.74) is 5.63. The molecule has 0 aliphatic heterocycles. The third-order valence-corrected chi connectivity index (χ3v) is 2.35. The largest absolute Gasteiger partial charge is 0.370 e. The first-order chi connectivity index (χ1) is 8.43. The molecule has 0 unspecified atom stereocenters. The molecular formula is C11H20N6O. The predicted molar refractivity (Wildman–Crippen MR) is 72.6 cm³/mol. The summed E-state index contributed by atoms with van der Waals surface area (Å²) in [5, 5.41) is 3.07. The van der Waals surface area contributed by atoms with Gasteiger partial charge in [-0.05, 0) is 6.92 Å². The number of anilines is 3. The Morgan fingerprint density at radius 3 is 2.61 bits per heavy atom. The van der Waals surface area contributed by atoms with E-state index in [1.807, 2.05) is 6.92 Å². The minimum absolute atomic E-state index is 0.000292. The van der Waals surface area contributed by atoms with E-state index in [1.165, 1.54) is 4.90 Å². The SMILES string of the molecule is CCNc1cc(N(C)CC(=O)N(C)C)nc(N)n1. The highest BCUT2D eigenvalue weighted by Crippen LogP contribution is 2.15. The number of aromatic nitrogens is 2. The number of carbonyl (C=O) groups is 1. The summed E-state index contributed by atoms with van der Waals surface area (Å²) in [4.78, 5) is 23.1. The number of nitrogens with one attached hydrogen (secondary N) is 1. The van der Waals surface area contributed by atoms with E-state index in [2.05, 4.69) is 15.3 Å². The molecule has 0 saturated heterocycles. The molecule has 0 aliphatic carbocycles. The van der Waals surface area contributed by atoms with E-state index in [1.54, 1.807) is 32.1 Å². The fourth-order valence-corrected chi connectivity index (χ4v) is 1.35. The average molecular weight is 252 g/mol. The van der Waals surface area contributed by atoms with Crippen molar-refractivity contribution in [1.82, 2.24) is 14.9 Å². The van der Waals surface area contributed by atoms with Crippen molar-refractivity contribution in [2.75, 3.05) is 50.2 Å². The first kappa shape index (κ1) is 14.0. The zero-order valence-electron chi connectivity index (χ0n) is 11.3. The van der Waals surface area contributed by atoms with Gasteiger partial charge in [0.2, 0.25) is 11.9 Å². The Morgan fingerprint density at radius 2 is 2.06 bits per heavy atom. The summed E-state index contributed by atoms with van der Waals surface area (Å²) in [6.45, 7) is 2.96. The van der Waals surface area contributed by atoms with Crippen LogP contribution in [0.1, 0.15) is 6.92 Å². The van der Waals surface area contributed by atoms with Crippen molar-refractivity contribution in [2.24, 2.45) is 0 Å². The molecule has 0 spiro atoms. The van der Waals surface area contributed by atoms with Crippen molar-refractivity contribution >= 4 is 23.5 Å². The van der Waals surface area contributed by atoms with Gasteiger partial charge in [0.25, 0.3) is 0 Å². The summed E-state index contributed by atoms with van der Waals surface area (Å²) in [5.74, 6) is 1.46. The quantitative estimate of drug-likeness (QED) is 0.768. The van der Waals surface area contributed by atoms with Crippen molar-refractivity contribution in [3.05, 3.63) is 6.07 Å². The van der Waals surface area contributed by atoms with Gasteiger partial charge in [0.05, 0.1) is 6.54 Å². The molecule has 3 N–H and O–H groups in total. The van der Waals surface area contributed by atoms with E-state index in [9.17, 15) is 4.79 Å². The molecule has 0 aliphatic rings. The van der Waals surface area contributed by atoms with Gasteiger partial charge in [0, 0.05) is 33.8 Å². The lowest BCUT2D eigenvalue weighted by molar-refractivity contribution is -0.127. The number of nitrogens with two attached hydrogens (primary N) is 1. The lowest BCUT2D eigenvalue weighted by atomic mass is 10.4. The van der Waals surface area contributed by atoms with E-state index in [4.69, 9.17) is 5.73 Å². The van der Waals surface area contributed by atoms with Crippen molar-refractivity contribution in [2.45, 2.75) is 6.92 Å². The normalized spacial score (nSPS) is 10.0. The second-order valence-electron chi connectivity index (χ2n) is 4.14. The Morgan fingerprint density at radius 1 is 1.39 bits per heavy atom. The predicted octanol–water partition coefficient (Wildman–Crippen LogP) is 0.0150. The first-order valence-electron chi connectivity index (χ1n) is 5.73. The van der Waals surface area contributed by atoms with E-state index in [0.717, 1.165) is 6.54 Å². The third-order valence-electron chi connectivity index (χ3n) is 2.35. The average Bonchev–Trinajstić information content (AvgIpc) is 2.28. The molecule has 0 atom stereocenters. The van der Waals surface area contributed by atoms with Gasteiger partial charge in [0.1, 0.15) is 11.6 Å². The van der Waals surface area contributed by atoms with Crippen LogP contribution in [-0.4, -0.2) is 55.0 Å². The number of nitrogen functional groups attached to an aromatic ring is 1. The lowest BCUT2D eigenvalue weighted by Gasteiger charge is -2.20. The van der Waals surface area contributed by atoms with Crippen LogP contribution in [0.5, 0.6) is 0 Å². The van der Waals surface area contributed by atoms with E-state index in [0.29, 0.717) is 11.6 Å². The van der Waals surface area contributed by atoms with Crippen LogP contribution in [0, 0.1) is 0 Å². The van der Waals surface area contributed by atoms with Gasteiger partial charge in [-0.15, -0.1) is 0 Å². The zero-order valence-corrected chi connectivity index (χ0v) is 11.3. The molecule has 0 aromatic carbocycles. The Balaban J connectivity index is 2.84. The Hall–Kier alpha value is -2.05. The zero-order chi connectivity index (χ0) is 13.7. The number of likely N-dealkylation sites (N-methyl/N-ethyl adjacent to an activating group) is 2. The van der Waals surface area contributed by atoms with Gasteiger partial charge in [-0.3, -0.25) is 4.79 Å². The van der Waals surface area contributed by atoms with E-state index in [-0.39, 0.29) is 18.4 Å². The second-order valence-corrected chi connectivity index (χ2v) is 4.14. The van der Waals surface area contributed by atoms with Crippen molar-refractivity contribution in [3.63, 3.8) is 0 Å². The Kier molecular flexibility index (Phi) is 4.70. The molecule has 1 heterocycles. The molecule has 7 nitrogen and oxygen atoms in total. The summed E-state index contributed by atoms with van der Waals surface area (Å²) in [6.07, 6.45) is 0. The molecule has 18 heavy (non-hydrogen) atoms. The number of carbonyl (C=O) groups excluding carboxylic acids is 1. The highest BCUT2D eigenvalue weighted by molar-refractivity contribution is 5.80. The highest BCUT2D eigenvalue weighted by atomic mass is 16.2. The van der Waals surface area contributed by atoms with Crippen molar-refractivity contribution in [3.8, 4) is 0 Å². The molecule has 0 bridgehead atoms. The number of hydrogen-bond acceptors (Lipinski definition) is 6. The molecule has 7 heteroatoms. The van der Waals surface area contributed by atoms with Crippen molar-refractivity contribution < 1.29 is 4.79 Å². The van der Waals surface area contributed by atoms with Crippen LogP contribution < -0.4 is 16.0 Å². The van der Waals surface area contributed by atoms with Crippen molar-refractivity contribution in [1.29, 1.82) is 0 Å². The van der Waals surface area contributed by atoms with Crippen LogP contribution in [0.2, 0.25) is 0 Å². The maximum Gasteiger partial charge on any atom is 0.241 e. The summed E-state index contributed by atoms with van der Waals surface area (Å²) >= 11 is 0. The van der Waals surface area contributed by atoms with Gasteiger partial charge >= 0.3 is 0 Å². The first-order valence-corrected chi connectivity index (χ1v) is 5.73. The topological polar surface area (TPSA) is 87.4 Å². The molecule has 100 valence electrons. The van der Waals surface area contributed by atoms with Crippen LogP contribution in [0.3, 0.4) is 0 Å². The number of hydrogen-bond donors (Lipinski definition) is 2. The van der Waals surface area contributed by atoms with Crippen LogP contribution in [0.4, 0.5) is 17.6 Å². The minimum Gasteiger partial charge on any atom is -0.370 e. The van der Waals surface area contributed by atoms with Crippen LogP contribution in [0.15, 0.2) is 6.07 Å². The number of amides is 1. The molecular weight excluding hydrogens is 232 g/mol. The molecule has 1 amide bonds. The van der Waals surface area contributed by atoms with Crippen LogP contribution in [0.25, 0.3) is 0 Å². The van der Waals surface area contributed by atoms with Gasteiger partial charge in [-0.25, -0.2) is 0 Å². The fraction of sp³-hybridized carbons (Fsp3) is 0.545. The second kappa shape index (κ2) is 6.04. The van der Waals surface area contributed by atoms with Gasteiger partial charge in [-0.1, -0.05) is 0 Å². The molecule has 0 radical (unpaired) electrons. The highest BCUT2D eigenvalue weighted by Gasteiger charge is 2.12. The maximum atomic E-state index is 11.6. The Bertz CT molecular complexity index is 420. The molecule has 1 aromatic heterocycles. The van der Waals surface area contributed by atoms with Crippen LogP contribution in [-0.2, 0) is 4.79 Å². The molecule has 0 fully saturated rings. The molecule has 1 rings (SSSR count). The summed E-state index contributed by atoms with van der Waals surface area (Å²) < 4.78 is 0. The smallest absolute Gasteiger partial charge is 0.241 e. The van der Waals surface area contributed by atoms with Gasteiger partial charge in [-0.2, -0.15) is 9.97 Å². The van der Waals surface area contributed by atoms with Gasteiger partial charge < -0.3 is 20.9 Å². The molecule has 0 saturated carbocycles. The monoisotopic (exact) mass is 252 g/mol. The Labute approximate surface area is 107 Å². The van der Waals surface area contributed by atoms with Crippen LogP contribution >= 0.6 is 0 Å². The lowest BCUT2D eigenvalue weighted by Crippen LogP contribution is -2.34. The number of nitrogens with zero attached hydrogens (tertiary/aromatic N) is 4. The van der Waals surface area contributed by atoms with Gasteiger partial charge in [0.15, 0.2) is 0 Å². The summed E-state index contributed by atoms with van der Waals surface area (Å²) in [6, 6.07) is 1.77. The maximum absolute atomic E-state index is 11.6. The summed E-state index contributed by atoms with van der Waals surface area (Å²) in [7, 11) is 5.22. The fourth-order valence-electron chi connectivity index (χ4n) is 1.35. The molecule has 1 aromatic rings. The standard InChI is InChI=1S/C11H20N6O/c1-5-13-8-6-9(15-11(12)14-8)17(4)7-10(18)16(2)3/h6H,5,7H2,1-4H3,(H3,12,13,14,15). The number of rotatable bonds is 5. The van der Waals surface area contributed by atoms with E-state index >= 15 is 0 Å². The van der Waals surface area contributed by atoms with E-state index < -0.39 is 0 Å². The minimum atomic E-state index is -0.000292. The third kappa shape index (κ3) is 3.76.